The average molecular weight is 434 g/mol. The smallest absolute Gasteiger partial charge is 0.232 e. The summed E-state index contributed by atoms with van der Waals surface area (Å²) in [6.07, 6.45) is 6.70. The summed E-state index contributed by atoms with van der Waals surface area (Å²) >= 11 is 0. The minimum atomic E-state index is -0.848. The van der Waals surface area contributed by atoms with E-state index in [1.807, 2.05) is 35.0 Å². The Kier molecular flexibility index (Phi) is 4.48. The van der Waals surface area contributed by atoms with E-state index in [2.05, 4.69) is 48.2 Å². The highest BCUT2D eigenvalue weighted by Crippen LogP contribution is 2.36. The van der Waals surface area contributed by atoms with Crippen molar-refractivity contribution in [3.63, 3.8) is 0 Å². The molecule has 1 aromatic heterocycles. The van der Waals surface area contributed by atoms with Crippen LogP contribution in [0.4, 0.5) is 5.95 Å². The predicted molar refractivity (Wildman–Crippen MR) is 128 cm³/mol. The van der Waals surface area contributed by atoms with Crippen molar-refractivity contribution < 1.29 is 9.53 Å². The third kappa shape index (κ3) is 3.27. The van der Waals surface area contributed by atoms with Crippen molar-refractivity contribution in [3.8, 4) is 17.1 Å². The first-order chi connectivity index (χ1) is 16.1. The second-order valence-corrected chi connectivity index (χ2v) is 8.33. The maximum Gasteiger partial charge on any atom is 0.232 e. The molecule has 0 amide bonds. The Morgan fingerprint density at radius 2 is 1.70 bits per heavy atom. The first-order valence-electron chi connectivity index (χ1n) is 11.0. The summed E-state index contributed by atoms with van der Waals surface area (Å²) in [5, 5.41) is 7.20. The molecule has 2 heterocycles. The molecular formula is C27H22N4O2. The standard InChI is InChI=1S/C27H22N4O2/c1-19-9-11-21(12-10-19)31-26(30-17-18-33-27(30)15-13-22(32)14-16-27)28-25(29-31)24-8-4-6-20-5-2-3-7-23(20)24/h2-16H,17-18H2,1H3. The van der Waals surface area contributed by atoms with E-state index in [0.29, 0.717) is 24.9 Å². The fourth-order valence-corrected chi connectivity index (χ4v) is 4.47. The average Bonchev–Trinajstić information content (AvgIpc) is 3.46. The summed E-state index contributed by atoms with van der Waals surface area (Å²) in [4.78, 5) is 18.9. The van der Waals surface area contributed by atoms with E-state index >= 15 is 0 Å². The lowest BCUT2D eigenvalue weighted by Gasteiger charge is -2.33. The number of rotatable bonds is 3. The lowest BCUT2D eigenvalue weighted by Crippen LogP contribution is -2.44. The maximum atomic E-state index is 11.8. The van der Waals surface area contributed by atoms with Crippen LogP contribution in [0, 0.1) is 6.92 Å². The molecule has 0 N–H and O–H groups in total. The predicted octanol–water partition coefficient (Wildman–Crippen LogP) is 4.62. The first-order valence-corrected chi connectivity index (χ1v) is 11.0. The van der Waals surface area contributed by atoms with Gasteiger partial charge in [-0.1, -0.05) is 60.2 Å². The lowest BCUT2D eigenvalue weighted by molar-refractivity contribution is -0.110. The molecule has 6 rings (SSSR count). The summed E-state index contributed by atoms with van der Waals surface area (Å²) in [5.74, 6) is 1.26. The minimum Gasteiger partial charge on any atom is -0.346 e. The molecule has 0 unspecified atom stereocenters. The molecule has 33 heavy (non-hydrogen) atoms. The molecule has 1 saturated heterocycles. The number of allylic oxidation sites excluding steroid dienone is 2. The van der Waals surface area contributed by atoms with Gasteiger partial charge >= 0.3 is 0 Å². The molecule has 1 fully saturated rings. The Labute approximate surface area is 191 Å². The number of nitrogens with zero attached hydrogens (tertiary/aromatic N) is 4. The van der Waals surface area contributed by atoms with Crippen LogP contribution in [-0.4, -0.2) is 39.4 Å². The number of ketones is 1. The molecule has 3 aromatic carbocycles. The summed E-state index contributed by atoms with van der Waals surface area (Å²) < 4.78 is 7.98. The van der Waals surface area contributed by atoms with Crippen molar-refractivity contribution in [2.24, 2.45) is 0 Å². The third-order valence-electron chi connectivity index (χ3n) is 6.18. The number of benzene rings is 3. The Hall–Kier alpha value is -4.03. The quantitative estimate of drug-likeness (QED) is 0.471. The third-order valence-corrected chi connectivity index (χ3v) is 6.18. The maximum absolute atomic E-state index is 11.8. The number of hydrogen-bond donors (Lipinski definition) is 0. The Morgan fingerprint density at radius 1 is 0.939 bits per heavy atom. The number of aromatic nitrogens is 3. The Morgan fingerprint density at radius 3 is 2.52 bits per heavy atom. The number of aryl methyl sites for hydroxylation is 1. The van der Waals surface area contributed by atoms with Crippen LogP contribution < -0.4 is 4.90 Å². The zero-order valence-corrected chi connectivity index (χ0v) is 18.2. The van der Waals surface area contributed by atoms with Gasteiger partial charge in [0.25, 0.3) is 0 Å². The molecule has 1 spiro atoms. The van der Waals surface area contributed by atoms with Gasteiger partial charge in [0.2, 0.25) is 5.95 Å². The highest BCUT2D eigenvalue weighted by Gasteiger charge is 2.42. The molecule has 1 aliphatic heterocycles. The van der Waals surface area contributed by atoms with Crippen LogP contribution >= 0.6 is 0 Å². The van der Waals surface area contributed by atoms with Gasteiger partial charge in [-0.2, -0.15) is 9.67 Å². The van der Waals surface area contributed by atoms with Crippen LogP contribution in [-0.2, 0) is 9.53 Å². The molecule has 4 aromatic rings. The van der Waals surface area contributed by atoms with E-state index in [1.54, 1.807) is 24.3 Å². The summed E-state index contributed by atoms with van der Waals surface area (Å²) in [6.45, 7) is 3.21. The van der Waals surface area contributed by atoms with Crippen molar-refractivity contribution in [2.75, 3.05) is 18.1 Å². The van der Waals surface area contributed by atoms with Gasteiger partial charge in [0.15, 0.2) is 17.3 Å². The zero-order chi connectivity index (χ0) is 22.4. The fraction of sp³-hybridized carbons (Fsp3) is 0.148. The molecular weight excluding hydrogens is 412 g/mol. The summed E-state index contributed by atoms with van der Waals surface area (Å²) in [6, 6.07) is 22.6. The summed E-state index contributed by atoms with van der Waals surface area (Å²) in [7, 11) is 0. The largest absolute Gasteiger partial charge is 0.346 e. The zero-order valence-electron chi connectivity index (χ0n) is 18.2. The fourth-order valence-electron chi connectivity index (χ4n) is 4.47. The molecule has 1 aliphatic carbocycles. The molecule has 2 aliphatic rings. The number of anilines is 1. The van der Waals surface area contributed by atoms with Gasteiger partial charge in [-0.25, -0.2) is 0 Å². The van der Waals surface area contributed by atoms with Gasteiger partial charge in [0.1, 0.15) is 0 Å². The van der Waals surface area contributed by atoms with Crippen LogP contribution in [0.5, 0.6) is 0 Å². The Bertz CT molecular complexity index is 1410. The molecule has 0 atom stereocenters. The number of carbonyl (C=O) groups excluding carboxylic acids is 1. The van der Waals surface area contributed by atoms with Crippen LogP contribution in [0.1, 0.15) is 5.56 Å². The van der Waals surface area contributed by atoms with Crippen molar-refractivity contribution in [1.29, 1.82) is 0 Å². The van der Waals surface area contributed by atoms with E-state index in [-0.39, 0.29) is 5.78 Å². The first kappa shape index (κ1) is 19.6. The van der Waals surface area contributed by atoms with Gasteiger partial charge in [-0.05, 0) is 54.1 Å². The second kappa shape index (κ2) is 7.53. The van der Waals surface area contributed by atoms with E-state index in [4.69, 9.17) is 14.8 Å². The van der Waals surface area contributed by atoms with Gasteiger partial charge in [0, 0.05) is 12.1 Å². The van der Waals surface area contributed by atoms with Gasteiger partial charge in [0.05, 0.1) is 12.3 Å². The topological polar surface area (TPSA) is 60.3 Å². The van der Waals surface area contributed by atoms with E-state index in [9.17, 15) is 4.79 Å². The van der Waals surface area contributed by atoms with E-state index in [0.717, 1.165) is 22.0 Å². The van der Waals surface area contributed by atoms with Crippen LogP contribution in [0.2, 0.25) is 0 Å². The monoisotopic (exact) mass is 434 g/mol. The highest BCUT2D eigenvalue weighted by molar-refractivity contribution is 6.01. The SMILES string of the molecule is Cc1ccc(-n2nc(-c3cccc4ccccc34)nc2N2CCOC23C=CC(=O)C=C3)cc1. The molecule has 0 saturated carbocycles. The van der Waals surface area contributed by atoms with Gasteiger partial charge in [-0.3, -0.25) is 4.79 Å². The van der Waals surface area contributed by atoms with E-state index < -0.39 is 5.72 Å². The summed E-state index contributed by atoms with van der Waals surface area (Å²) in [5.41, 5.74) is 2.21. The molecule has 6 nitrogen and oxygen atoms in total. The van der Waals surface area contributed by atoms with Crippen LogP contribution in [0.25, 0.3) is 27.8 Å². The van der Waals surface area contributed by atoms with E-state index in [1.165, 1.54) is 5.56 Å². The number of carbonyl (C=O) groups is 1. The number of ether oxygens (including phenoxy) is 1. The van der Waals surface area contributed by atoms with Crippen LogP contribution in [0.3, 0.4) is 0 Å². The molecule has 0 bridgehead atoms. The van der Waals surface area contributed by atoms with Gasteiger partial charge in [-0.15, -0.1) is 5.10 Å². The van der Waals surface area contributed by atoms with Crippen molar-refractivity contribution in [2.45, 2.75) is 12.6 Å². The van der Waals surface area contributed by atoms with Crippen molar-refractivity contribution >= 4 is 22.5 Å². The minimum absolute atomic E-state index is 0.0486. The Balaban J connectivity index is 1.55. The number of fused-ring (bicyclic) bond motifs is 1. The number of hydrogen-bond acceptors (Lipinski definition) is 5. The van der Waals surface area contributed by atoms with Crippen LogP contribution in [0.15, 0.2) is 91.0 Å². The molecule has 0 radical (unpaired) electrons. The lowest BCUT2D eigenvalue weighted by atomic mass is 10.0. The normalized spacial score (nSPS) is 16.9. The van der Waals surface area contributed by atoms with Crippen molar-refractivity contribution in [1.82, 2.24) is 14.8 Å². The molecule has 6 heteroatoms. The highest BCUT2D eigenvalue weighted by atomic mass is 16.5. The van der Waals surface area contributed by atoms with Crippen molar-refractivity contribution in [3.05, 3.63) is 96.6 Å². The molecule has 162 valence electrons. The second-order valence-electron chi connectivity index (χ2n) is 8.33. The van der Waals surface area contributed by atoms with Gasteiger partial charge < -0.3 is 9.64 Å².